The number of rotatable bonds is 6. The second kappa shape index (κ2) is 6.51. The van der Waals surface area contributed by atoms with E-state index >= 15 is 0 Å². The molecule has 2 rings (SSSR count). The molecule has 2 aromatic heterocycles. The molecule has 0 spiro atoms. The Balaban J connectivity index is 2.24. The first kappa shape index (κ1) is 13.8. The number of aromatic nitrogens is 4. The van der Waals surface area contributed by atoms with Crippen LogP contribution in [-0.2, 0) is 6.42 Å². The molecule has 0 aromatic carbocycles. The van der Waals surface area contributed by atoms with E-state index in [-0.39, 0.29) is 0 Å². The molecule has 0 saturated carbocycles. The SMILES string of the molecule is CCCNc1ncnc(Sc2nnc(C)o2)c1CC. The second-order valence-electron chi connectivity index (χ2n) is 3.98. The molecule has 0 aliphatic heterocycles. The van der Waals surface area contributed by atoms with Crippen LogP contribution in [0.4, 0.5) is 5.82 Å². The van der Waals surface area contributed by atoms with Gasteiger partial charge in [0.25, 0.3) is 5.22 Å². The van der Waals surface area contributed by atoms with Crippen LogP contribution in [0, 0.1) is 6.92 Å². The summed E-state index contributed by atoms with van der Waals surface area (Å²) in [6.45, 7) is 6.87. The van der Waals surface area contributed by atoms with E-state index in [0.29, 0.717) is 11.1 Å². The number of anilines is 1. The Kier molecular flexibility index (Phi) is 4.73. The smallest absolute Gasteiger partial charge is 0.282 e. The van der Waals surface area contributed by atoms with E-state index < -0.39 is 0 Å². The molecule has 6 nitrogen and oxygen atoms in total. The average Bonchev–Trinajstić information content (AvgIpc) is 2.82. The van der Waals surface area contributed by atoms with Gasteiger partial charge in [-0.25, -0.2) is 9.97 Å². The van der Waals surface area contributed by atoms with Crippen LogP contribution in [0.1, 0.15) is 31.7 Å². The third kappa shape index (κ3) is 3.44. The molecule has 102 valence electrons. The predicted octanol–water partition coefficient (Wildman–Crippen LogP) is 2.70. The molecule has 7 heteroatoms. The van der Waals surface area contributed by atoms with Crippen LogP contribution in [0.5, 0.6) is 0 Å². The summed E-state index contributed by atoms with van der Waals surface area (Å²) in [7, 11) is 0. The van der Waals surface area contributed by atoms with Crippen LogP contribution in [-0.4, -0.2) is 26.7 Å². The summed E-state index contributed by atoms with van der Waals surface area (Å²) in [5, 5.41) is 12.5. The maximum atomic E-state index is 5.37. The summed E-state index contributed by atoms with van der Waals surface area (Å²) in [6, 6.07) is 0. The molecule has 0 unspecified atom stereocenters. The highest BCUT2D eigenvalue weighted by Gasteiger charge is 2.13. The Labute approximate surface area is 116 Å². The van der Waals surface area contributed by atoms with Gasteiger partial charge in [-0.05, 0) is 24.6 Å². The van der Waals surface area contributed by atoms with Crippen LogP contribution in [0.15, 0.2) is 21.0 Å². The predicted molar refractivity (Wildman–Crippen MR) is 73.3 cm³/mol. The standard InChI is InChI=1S/C12H17N5OS/c1-4-6-13-10-9(5-2)11(15-7-14-10)19-12-17-16-8(3)18-12/h7H,4-6H2,1-3H3,(H,13,14,15). The van der Waals surface area contributed by atoms with E-state index in [4.69, 9.17) is 4.42 Å². The molecule has 2 aromatic rings. The Morgan fingerprint density at radius 3 is 2.74 bits per heavy atom. The fraction of sp³-hybridized carbons (Fsp3) is 0.500. The number of hydrogen-bond donors (Lipinski definition) is 1. The van der Waals surface area contributed by atoms with Gasteiger partial charge in [-0.15, -0.1) is 10.2 Å². The van der Waals surface area contributed by atoms with Crippen molar-refractivity contribution >= 4 is 17.6 Å². The first-order valence-corrected chi connectivity index (χ1v) is 7.12. The Bertz CT molecular complexity index is 543. The Hall–Kier alpha value is -1.63. The van der Waals surface area contributed by atoms with Gasteiger partial charge in [0.15, 0.2) is 0 Å². The highest BCUT2D eigenvalue weighted by Crippen LogP contribution is 2.30. The third-order valence-corrected chi connectivity index (χ3v) is 3.38. The van der Waals surface area contributed by atoms with Crippen molar-refractivity contribution in [2.24, 2.45) is 0 Å². The number of hydrogen-bond acceptors (Lipinski definition) is 7. The molecule has 19 heavy (non-hydrogen) atoms. The summed E-state index contributed by atoms with van der Waals surface area (Å²) in [6.07, 6.45) is 3.46. The molecule has 0 fully saturated rings. The summed E-state index contributed by atoms with van der Waals surface area (Å²) in [5.74, 6) is 1.44. The Morgan fingerprint density at radius 1 is 1.26 bits per heavy atom. The molecule has 2 heterocycles. The largest absolute Gasteiger partial charge is 0.416 e. The van der Waals surface area contributed by atoms with Crippen LogP contribution in [0.3, 0.4) is 0 Å². The van der Waals surface area contributed by atoms with Crippen molar-refractivity contribution in [3.05, 3.63) is 17.8 Å². The molecular weight excluding hydrogens is 262 g/mol. The van der Waals surface area contributed by atoms with Crippen molar-refractivity contribution in [3.63, 3.8) is 0 Å². The second-order valence-corrected chi connectivity index (χ2v) is 4.92. The summed E-state index contributed by atoms with van der Waals surface area (Å²) in [4.78, 5) is 8.60. The van der Waals surface area contributed by atoms with E-state index in [1.54, 1.807) is 13.3 Å². The highest BCUT2D eigenvalue weighted by atomic mass is 32.2. The van der Waals surface area contributed by atoms with Gasteiger partial charge in [-0.1, -0.05) is 13.8 Å². The van der Waals surface area contributed by atoms with Crippen molar-refractivity contribution in [2.45, 2.75) is 43.9 Å². The lowest BCUT2D eigenvalue weighted by molar-refractivity contribution is 0.429. The van der Waals surface area contributed by atoms with Gasteiger partial charge in [-0.2, -0.15) is 0 Å². The zero-order valence-corrected chi connectivity index (χ0v) is 12.1. The molecule has 0 saturated heterocycles. The maximum Gasteiger partial charge on any atom is 0.282 e. The molecule has 0 aliphatic carbocycles. The topological polar surface area (TPSA) is 76.7 Å². The van der Waals surface area contributed by atoms with E-state index in [9.17, 15) is 0 Å². The third-order valence-electron chi connectivity index (χ3n) is 2.49. The van der Waals surface area contributed by atoms with Gasteiger partial charge >= 0.3 is 0 Å². The van der Waals surface area contributed by atoms with E-state index in [2.05, 4.69) is 39.3 Å². The minimum absolute atomic E-state index is 0.507. The molecule has 0 atom stereocenters. The molecule has 0 radical (unpaired) electrons. The summed E-state index contributed by atoms with van der Waals surface area (Å²) in [5.41, 5.74) is 1.08. The maximum absolute atomic E-state index is 5.37. The zero-order chi connectivity index (χ0) is 13.7. The fourth-order valence-electron chi connectivity index (χ4n) is 1.60. The van der Waals surface area contributed by atoms with Crippen molar-refractivity contribution in [2.75, 3.05) is 11.9 Å². The van der Waals surface area contributed by atoms with Crippen LogP contribution < -0.4 is 5.32 Å². The Morgan fingerprint density at radius 2 is 2.11 bits per heavy atom. The molecule has 1 N–H and O–H groups in total. The van der Waals surface area contributed by atoms with E-state index in [0.717, 1.165) is 35.8 Å². The molecule has 0 bridgehead atoms. The van der Waals surface area contributed by atoms with E-state index in [1.807, 2.05) is 0 Å². The first-order chi connectivity index (χ1) is 9.24. The molecule has 0 aliphatic rings. The average molecular weight is 279 g/mol. The van der Waals surface area contributed by atoms with Gasteiger partial charge in [0.2, 0.25) is 5.89 Å². The lowest BCUT2D eigenvalue weighted by Gasteiger charge is -2.11. The fourth-order valence-corrected chi connectivity index (χ4v) is 2.47. The van der Waals surface area contributed by atoms with Crippen LogP contribution >= 0.6 is 11.8 Å². The van der Waals surface area contributed by atoms with Gasteiger partial charge in [0.05, 0.1) is 0 Å². The van der Waals surface area contributed by atoms with Crippen molar-refractivity contribution in [3.8, 4) is 0 Å². The zero-order valence-electron chi connectivity index (χ0n) is 11.3. The van der Waals surface area contributed by atoms with E-state index in [1.165, 1.54) is 11.8 Å². The minimum atomic E-state index is 0.507. The van der Waals surface area contributed by atoms with Crippen molar-refractivity contribution in [1.82, 2.24) is 20.2 Å². The van der Waals surface area contributed by atoms with Crippen LogP contribution in [0.25, 0.3) is 0 Å². The van der Waals surface area contributed by atoms with Crippen molar-refractivity contribution in [1.29, 1.82) is 0 Å². The van der Waals surface area contributed by atoms with Crippen molar-refractivity contribution < 1.29 is 4.42 Å². The summed E-state index contributed by atoms with van der Waals surface area (Å²) < 4.78 is 5.37. The van der Waals surface area contributed by atoms with Gasteiger partial charge < -0.3 is 9.73 Å². The lowest BCUT2D eigenvalue weighted by atomic mass is 10.2. The lowest BCUT2D eigenvalue weighted by Crippen LogP contribution is -2.06. The monoisotopic (exact) mass is 279 g/mol. The molecular formula is C12H17N5OS. The van der Waals surface area contributed by atoms with Gasteiger partial charge in [-0.3, -0.25) is 0 Å². The first-order valence-electron chi connectivity index (χ1n) is 6.30. The summed E-state index contributed by atoms with van der Waals surface area (Å²) >= 11 is 1.38. The quantitative estimate of drug-likeness (QED) is 0.814. The molecule has 0 amide bonds. The highest BCUT2D eigenvalue weighted by molar-refractivity contribution is 7.99. The number of nitrogens with zero attached hydrogens (tertiary/aromatic N) is 4. The van der Waals surface area contributed by atoms with Gasteiger partial charge in [0.1, 0.15) is 17.2 Å². The minimum Gasteiger partial charge on any atom is -0.416 e. The van der Waals surface area contributed by atoms with Gasteiger partial charge in [0, 0.05) is 19.0 Å². The number of nitrogens with one attached hydrogen (secondary N) is 1. The number of aryl methyl sites for hydroxylation is 1. The normalized spacial score (nSPS) is 10.7. The van der Waals surface area contributed by atoms with Crippen LogP contribution in [0.2, 0.25) is 0 Å².